The maximum Gasteiger partial charge on any atom is 0.163 e. The Morgan fingerprint density at radius 2 is 2.00 bits per heavy atom. The lowest BCUT2D eigenvalue weighted by molar-refractivity contribution is -0.0310. The second kappa shape index (κ2) is 6.12. The summed E-state index contributed by atoms with van der Waals surface area (Å²) in [5.41, 5.74) is 0.795. The van der Waals surface area contributed by atoms with Crippen molar-refractivity contribution in [3.8, 4) is 5.75 Å². The van der Waals surface area contributed by atoms with Gasteiger partial charge in [0, 0.05) is 17.4 Å². The summed E-state index contributed by atoms with van der Waals surface area (Å²) in [5, 5.41) is 3.99. The third-order valence-corrected chi connectivity index (χ3v) is 6.14. The molecule has 0 bridgehead atoms. The zero-order chi connectivity index (χ0) is 18.6. The Balaban J connectivity index is 1.58. The van der Waals surface area contributed by atoms with Gasteiger partial charge in [0.25, 0.3) is 0 Å². The topological polar surface area (TPSA) is 47.0 Å². The first-order valence-electron chi connectivity index (χ1n) is 8.88. The molecule has 2 heterocycles. The van der Waals surface area contributed by atoms with Gasteiger partial charge in [0.15, 0.2) is 5.82 Å². The number of anilines is 1. The standard InChI is InChI=1S/C20H16BrF2N3O/c21-14-4-3-12-18(17(14)23)24-10-25-19(12)26-15-9-20(6-1-7-20)27-16-5-2-11(22)8-13(15)16/h2-5,8,10,15H,1,6-7,9H2,(H,24,25,26)/t15-/m0/s1. The molecule has 2 aromatic carbocycles. The number of nitrogens with one attached hydrogen (secondary N) is 1. The van der Waals surface area contributed by atoms with E-state index < -0.39 is 5.82 Å². The van der Waals surface area contributed by atoms with Crippen molar-refractivity contribution in [2.45, 2.75) is 37.3 Å². The molecule has 1 N–H and O–H groups in total. The molecule has 1 aliphatic carbocycles. The number of hydrogen-bond donors (Lipinski definition) is 1. The Labute approximate surface area is 163 Å². The summed E-state index contributed by atoms with van der Waals surface area (Å²) in [5.74, 6) is 0.498. The molecule has 3 aromatic rings. The van der Waals surface area contributed by atoms with Gasteiger partial charge in [0.1, 0.15) is 34.8 Å². The summed E-state index contributed by atoms with van der Waals surface area (Å²) in [7, 11) is 0. The molecular weight excluding hydrogens is 416 g/mol. The number of aromatic nitrogens is 2. The molecule has 1 saturated carbocycles. The molecule has 1 aromatic heterocycles. The van der Waals surface area contributed by atoms with Crippen LogP contribution in [0.2, 0.25) is 0 Å². The zero-order valence-electron chi connectivity index (χ0n) is 14.3. The van der Waals surface area contributed by atoms with E-state index in [0.29, 0.717) is 27.8 Å². The van der Waals surface area contributed by atoms with Crippen LogP contribution in [0.4, 0.5) is 14.6 Å². The van der Waals surface area contributed by atoms with E-state index in [1.807, 2.05) is 0 Å². The first kappa shape index (κ1) is 16.9. The van der Waals surface area contributed by atoms with Crippen molar-refractivity contribution in [1.29, 1.82) is 0 Å². The smallest absolute Gasteiger partial charge is 0.163 e. The van der Waals surface area contributed by atoms with Crippen molar-refractivity contribution >= 4 is 32.7 Å². The van der Waals surface area contributed by atoms with Gasteiger partial charge in [-0.3, -0.25) is 0 Å². The predicted molar refractivity (Wildman–Crippen MR) is 102 cm³/mol. The molecule has 1 spiro atoms. The quantitative estimate of drug-likeness (QED) is 0.579. The molecule has 1 atom stereocenters. The van der Waals surface area contributed by atoms with Crippen LogP contribution < -0.4 is 10.1 Å². The Hall–Kier alpha value is -2.28. The predicted octanol–water partition coefficient (Wildman–Crippen LogP) is 5.53. The highest BCUT2D eigenvalue weighted by Crippen LogP contribution is 2.50. The number of nitrogens with zero attached hydrogens (tertiary/aromatic N) is 2. The van der Waals surface area contributed by atoms with Gasteiger partial charge in [-0.2, -0.15) is 0 Å². The Morgan fingerprint density at radius 1 is 1.15 bits per heavy atom. The van der Waals surface area contributed by atoms with Gasteiger partial charge in [0.2, 0.25) is 0 Å². The molecule has 138 valence electrons. The molecule has 0 amide bonds. The number of rotatable bonds is 2. The fraction of sp³-hybridized carbons (Fsp3) is 0.300. The normalized spacial score (nSPS) is 20.0. The Bertz CT molecular complexity index is 1050. The fourth-order valence-corrected chi connectivity index (χ4v) is 4.32. The van der Waals surface area contributed by atoms with Crippen molar-refractivity contribution in [1.82, 2.24) is 9.97 Å². The maximum atomic E-state index is 14.4. The highest BCUT2D eigenvalue weighted by Gasteiger charge is 2.45. The summed E-state index contributed by atoms with van der Waals surface area (Å²) in [6.07, 6.45) is 5.14. The minimum absolute atomic E-state index is 0.172. The Morgan fingerprint density at radius 3 is 2.78 bits per heavy atom. The van der Waals surface area contributed by atoms with E-state index in [2.05, 4.69) is 31.2 Å². The van der Waals surface area contributed by atoms with Gasteiger partial charge >= 0.3 is 0 Å². The zero-order valence-corrected chi connectivity index (χ0v) is 15.9. The van der Waals surface area contributed by atoms with Crippen molar-refractivity contribution in [3.63, 3.8) is 0 Å². The van der Waals surface area contributed by atoms with Crippen molar-refractivity contribution in [2.75, 3.05) is 5.32 Å². The third-order valence-electron chi connectivity index (χ3n) is 5.52. The lowest BCUT2D eigenvalue weighted by atomic mass is 9.73. The van der Waals surface area contributed by atoms with Gasteiger partial charge in [0.05, 0.1) is 10.5 Å². The molecular formula is C20H16BrF2N3O. The van der Waals surface area contributed by atoms with Crippen molar-refractivity contribution in [3.05, 3.63) is 58.3 Å². The lowest BCUT2D eigenvalue weighted by Gasteiger charge is -2.48. The second-order valence-electron chi connectivity index (χ2n) is 7.20. The van der Waals surface area contributed by atoms with E-state index in [9.17, 15) is 8.78 Å². The van der Waals surface area contributed by atoms with Gasteiger partial charge in [-0.1, -0.05) is 0 Å². The molecule has 4 nitrogen and oxygen atoms in total. The fourth-order valence-electron chi connectivity index (χ4n) is 4.00. The number of benzene rings is 2. The molecule has 7 heteroatoms. The highest BCUT2D eigenvalue weighted by atomic mass is 79.9. The minimum Gasteiger partial charge on any atom is -0.487 e. The average Bonchev–Trinajstić information content (AvgIpc) is 2.64. The molecule has 1 aliphatic heterocycles. The van der Waals surface area contributed by atoms with E-state index in [1.54, 1.807) is 18.2 Å². The van der Waals surface area contributed by atoms with Crippen LogP contribution in [-0.4, -0.2) is 15.6 Å². The van der Waals surface area contributed by atoms with E-state index in [-0.39, 0.29) is 23.0 Å². The number of fused-ring (bicyclic) bond motifs is 2. The van der Waals surface area contributed by atoms with Crippen molar-refractivity contribution in [2.24, 2.45) is 0 Å². The summed E-state index contributed by atoms with van der Waals surface area (Å²) in [4.78, 5) is 8.39. The van der Waals surface area contributed by atoms with Crippen LogP contribution in [-0.2, 0) is 0 Å². The largest absolute Gasteiger partial charge is 0.487 e. The Kier molecular flexibility index (Phi) is 3.82. The van der Waals surface area contributed by atoms with Crippen LogP contribution in [0.25, 0.3) is 10.9 Å². The van der Waals surface area contributed by atoms with Crippen LogP contribution in [0.15, 0.2) is 41.1 Å². The van der Waals surface area contributed by atoms with Gasteiger partial charge < -0.3 is 10.1 Å². The summed E-state index contributed by atoms with van der Waals surface area (Å²) < 4.78 is 34.8. The van der Waals surface area contributed by atoms with Crippen LogP contribution in [0, 0.1) is 11.6 Å². The highest BCUT2D eigenvalue weighted by molar-refractivity contribution is 9.10. The lowest BCUT2D eigenvalue weighted by Crippen LogP contribution is -2.48. The van der Waals surface area contributed by atoms with Gasteiger partial charge in [-0.05, 0) is 65.5 Å². The van der Waals surface area contributed by atoms with Crippen LogP contribution in [0.3, 0.4) is 0 Å². The van der Waals surface area contributed by atoms with Crippen molar-refractivity contribution < 1.29 is 13.5 Å². The van der Waals surface area contributed by atoms with Gasteiger partial charge in [-0.25, -0.2) is 18.7 Å². The maximum absolute atomic E-state index is 14.4. The molecule has 5 rings (SSSR count). The second-order valence-corrected chi connectivity index (χ2v) is 8.06. The molecule has 0 saturated heterocycles. The van der Waals surface area contributed by atoms with Gasteiger partial charge in [-0.15, -0.1) is 0 Å². The summed E-state index contributed by atoms with van der Waals surface area (Å²) >= 11 is 3.19. The number of halogens is 3. The van der Waals surface area contributed by atoms with Crippen LogP contribution >= 0.6 is 15.9 Å². The summed E-state index contributed by atoms with van der Waals surface area (Å²) in [6.45, 7) is 0. The summed E-state index contributed by atoms with van der Waals surface area (Å²) in [6, 6.07) is 7.84. The SMILES string of the molecule is Fc1ccc2c(c1)[C@@H](Nc1ncnc3c(F)c(Br)ccc13)CC1(CCC1)O2. The van der Waals surface area contributed by atoms with Crippen LogP contribution in [0.1, 0.15) is 37.3 Å². The number of ether oxygens (including phenoxy) is 1. The molecule has 2 aliphatic rings. The minimum atomic E-state index is -0.424. The molecule has 0 unspecified atom stereocenters. The average molecular weight is 432 g/mol. The van der Waals surface area contributed by atoms with E-state index >= 15 is 0 Å². The monoisotopic (exact) mass is 431 g/mol. The number of hydrogen-bond acceptors (Lipinski definition) is 4. The molecule has 1 fully saturated rings. The first-order valence-corrected chi connectivity index (χ1v) is 9.68. The van der Waals surface area contributed by atoms with E-state index in [1.165, 1.54) is 18.5 Å². The van der Waals surface area contributed by atoms with E-state index in [0.717, 1.165) is 24.8 Å². The molecule has 0 radical (unpaired) electrons. The van der Waals surface area contributed by atoms with Crippen LogP contribution in [0.5, 0.6) is 5.75 Å². The first-order chi connectivity index (χ1) is 13.0. The molecule has 27 heavy (non-hydrogen) atoms. The third kappa shape index (κ3) is 2.76. The van der Waals surface area contributed by atoms with E-state index in [4.69, 9.17) is 4.74 Å².